The summed E-state index contributed by atoms with van der Waals surface area (Å²) < 4.78 is 2.11. The van der Waals surface area contributed by atoms with Crippen LogP contribution in [0.4, 0.5) is 5.69 Å². The van der Waals surface area contributed by atoms with Gasteiger partial charge in [-0.1, -0.05) is 48.9 Å². The first-order chi connectivity index (χ1) is 17.0. The van der Waals surface area contributed by atoms with Crippen molar-refractivity contribution >= 4 is 17.5 Å². The van der Waals surface area contributed by atoms with Crippen molar-refractivity contribution in [2.45, 2.75) is 39.8 Å². The van der Waals surface area contributed by atoms with Crippen LogP contribution in [0.5, 0.6) is 0 Å². The SMILES string of the molecule is CCc1cccc(Cc2nc(C(=O)Nc3ccc(C)cc3)c3n2CCN(C(=O)c2ccc[nH]2)C3)c1. The second kappa shape index (κ2) is 9.62. The van der Waals surface area contributed by atoms with Gasteiger partial charge in [-0.3, -0.25) is 9.59 Å². The molecule has 1 aliphatic heterocycles. The van der Waals surface area contributed by atoms with Gasteiger partial charge in [-0.2, -0.15) is 0 Å². The summed E-state index contributed by atoms with van der Waals surface area (Å²) in [6, 6.07) is 19.7. The van der Waals surface area contributed by atoms with Gasteiger partial charge in [0.1, 0.15) is 11.5 Å². The van der Waals surface area contributed by atoms with Crippen LogP contribution in [0.15, 0.2) is 66.9 Å². The molecular formula is C28H29N5O2. The largest absolute Gasteiger partial charge is 0.357 e. The van der Waals surface area contributed by atoms with E-state index in [0.717, 1.165) is 34.8 Å². The number of anilines is 1. The summed E-state index contributed by atoms with van der Waals surface area (Å²) in [5, 5.41) is 2.98. The van der Waals surface area contributed by atoms with E-state index in [1.807, 2.05) is 37.3 Å². The van der Waals surface area contributed by atoms with Crippen LogP contribution in [-0.4, -0.2) is 37.8 Å². The Morgan fingerprint density at radius 1 is 1.03 bits per heavy atom. The summed E-state index contributed by atoms with van der Waals surface area (Å²) in [4.78, 5) is 35.9. The van der Waals surface area contributed by atoms with E-state index in [9.17, 15) is 9.59 Å². The Bertz CT molecular complexity index is 1350. The molecule has 0 radical (unpaired) electrons. The van der Waals surface area contributed by atoms with Gasteiger partial charge in [0.15, 0.2) is 5.69 Å². The number of imidazole rings is 1. The zero-order valence-corrected chi connectivity index (χ0v) is 20.0. The van der Waals surface area contributed by atoms with Gasteiger partial charge in [-0.15, -0.1) is 0 Å². The normalized spacial score (nSPS) is 12.9. The molecule has 0 saturated carbocycles. The molecule has 4 aromatic rings. The molecule has 0 saturated heterocycles. The molecule has 2 N–H and O–H groups in total. The van der Waals surface area contributed by atoms with Crippen LogP contribution < -0.4 is 5.32 Å². The molecule has 0 aliphatic carbocycles. The van der Waals surface area contributed by atoms with Gasteiger partial charge in [0, 0.05) is 31.4 Å². The van der Waals surface area contributed by atoms with Gasteiger partial charge < -0.3 is 19.8 Å². The molecule has 178 valence electrons. The molecule has 3 heterocycles. The van der Waals surface area contributed by atoms with Crippen molar-refractivity contribution in [1.29, 1.82) is 0 Å². The lowest BCUT2D eigenvalue weighted by Crippen LogP contribution is -2.39. The highest BCUT2D eigenvalue weighted by Crippen LogP contribution is 2.24. The van der Waals surface area contributed by atoms with Gasteiger partial charge in [0.25, 0.3) is 11.8 Å². The molecule has 7 nitrogen and oxygen atoms in total. The quantitative estimate of drug-likeness (QED) is 0.435. The lowest BCUT2D eigenvalue weighted by Gasteiger charge is -2.29. The molecule has 2 aromatic heterocycles. The number of fused-ring (bicyclic) bond motifs is 1. The number of aryl methyl sites for hydroxylation is 2. The molecule has 2 amide bonds. The summed E-state index contributed by atoms with van der Waals surface area (Å²) >= 11 is 0. The van der Waals surface area contributed by atoms with E-state index in [0.29, 0.717) is 37.4 Å². The Labute approximate surface area is 204 Å². The fourth-order valence-corrected chi connectivity index (χ4v) is 4.54. The minimum atomic E-state index is -0.264. The minimum Gasteiger partial charge on any atom is -0.357 e. The number of carbonyl (C=O) groups excluding carboxylic acids is 2. The van der Waals surface area contributed by atoms with Crippen LogP contribution in [0.1, 0.15) is 56.1 Å². The average molecular weight is 468 g/mol. The van der Waals surface area contributed by atoms with Crippen molar-refractivity contribution in [3.8, 4) is 0 Å². The number of benzene rings is 2. The molecule has 1 aliphatic rings. The molecule has 35 heavy (non-hydrogen) atoms. The van der Waals surface area contributed by atoms with Crippen molar-refractivity contribution in [2.75, 3.05) is 11.9 Å². The topological polar surface area (TPSA) is 83.0 Å². The summed E-state index contributed by atoms with van der Waals surface area (Å²) in [5.74, 6) is 0.499. The first kappa shape index (κ1) is 22.7. The number of aromatic nitrogens is 3. The Morgan fingerprint density at radius 3 is 2.57 bits per heavy atom. The maximum absolute atomic E-state index is 13.3. The molecule has 0 spiro atoms. The fraction of sp³-hybridized carbons (Fsp3) is 0.250. The smallest absolute Gasteiger partial charge is 0.276 e. The van der Waals surface area contributed by atoms with E-state index in [2.05, 4.69) is 46.1 Å². The molecule has 2 aromatic carbocycles. The summed E-state index contributed by atoms with van der Waals surface area (Å²) in [5.41, 5.74) is 5.95. The minimum absolute atomic E-state index is 0.0791. The maximum atomic E-state index is 13.3. The lowest BCUT2D eigenvalue weighted by molar-refractivity contribution is 0.0702. The molecule has 7 heteroatoms. The van der Waals surface area contributed by atoms with Crippen LogP contribution in [0.25, 0.3) is 0 Å². The van der Waals surface area contributed by atoms with E-state index in [4.69, 9.17) is 4.98 Å². The van der Waals surface area contributed by atoms with Gasteiger partial charge in [0.2, 0.25) is 0 Å². The Hall–Kier alpha value is -4.13. The van der Waals surface area contributed by atoms with E-state index in [-0.39, 0.29) is 11.8 Å². The zero-order valence-electron chi connectivity index (χ0n) is 20.0. The predicted octanol–water partition coefficient (Wildman–Crippen LogP) is 4.58. The fourth-order valence-electron chi connectivity index (χ4n) is 4.54. The van der Waals surface area contributed by atoms with E-state index in [1.165, 1.54) is 5.56 Å². The first-order valence-corrected chi connectivity index (χ1v) is 12.0. The van der Waals surface area contributed by atoms with E-state index < -0.39 is 0 Å². The Kier molecular flexibility index (Phi) is 6.23. The van der Waals surface area contributed by atoms with Crippen LogP contribution in [-0.2, 0) is 25.9 Å². The third-order valence-electron chi connectivity index (χ3n) is 6.49. The number of hydrogen-bond donors (Lipinski definition) is 2. The number of H-pyrrole nitrogens is 1. The molecular weight excluding hydrogens is 438 g/mol. The summed E-state index contributed by atoms with van der Waals surface area (Å²) in [7, 11) is 0. The van der Waals surface area contributed by atoms with E-state index in [1.54, 1.807) is 17.2 Å². The van der Waals surface area contributed by atoms with Gasteiger partial charge >= 0.3 is 0 Å². The molecule has 0 unspecified atom stereocenters. The number of amides is 2. The van der Waals surface area contributed by atoms with Gasteiger partial charge in [0.05, 0.1) is 12.2 Å². The summed E-state index contributed by atoms with van der Waals surface area (Å²) in [6.45, 7) is 5.63. The average Bonchev–Trinajstić information content (AvgIpc) is 3.54. The zero-order chi connectivity index (χ0) is 24.4. The first-order valence-electron chi connectivity index (χ1n) is 12.0. The number of hydrogen-bond acceptors (Lipinski definition) is 3. The second-order valence-electron chi connectivity index (χ2n) is 8.96. The highest BCUT2D eigenvalue weighted by Gasteiger charge is 2.30. The molecule has 5 rings (SSSR count). The van der Waals surface area contributed by atoms with Crippen LogP contribution in [0.2, 0.25) is 0 Å². The van der Waals surface area contributed by atoms with Gasteiger partial charge in [-0.05, 0) is 48.7 Å². The molecule has 0 atom stereocenters. The predicted molar refractivity (Wildman–Crippen MR) is 136 cm³/mol. The third kappa shape index (κ3) is 4.75. The standard InChI is InChI=1S/C28H29N5O2/c1-3-20-6-4-7-21(16-20)17-25-31-26(27(34)30-22-11-9-19(2)10-12-22)24-18-32(14-15-33(24)25)28(35)23-8-5-13-29-23/h4-13,16,29H,3,14-15,17-18H2,1-2H3,(H,30,34). The van der Waals surface area contributed by atoms with Crippen LogP contribution in [0.3, 0.4) is 0 Å². The highest BCUT2D eigenvalue weighted by molar-refractivity contribution is 6.04. The monoisotopic (exact) mass is 467 g/mol. The number of nitrogens with zero attached hydrogens (tertiary/aromatic N) is 3. The van der Waals surface area contributed by atoms with Crippen molar-refractivity contribution in [1.82, 2.24) is 19.4 Å². The second-order valence-corrected chi connectivity index (χ2v) is 8.96. The van der Waals surface area contributed by atoms with Crippen molar-refractivity contribution < 1.29 is 9.59 Å². The lowest BCUT2D eigenvalue weighted by atomic mass is 10.1. The number of aromatic amines is 1. The molecule has 0 bridgehead atoms. The van der Waals surface area contributed by atoms with Crippen molar-refractivity contribution in [3.05, 3.63) is 106 Å². The number of carbonyl (C=O) groups is 2. The number of rotatable bonds is 6. The van der Waals surface area contributed by atoms with Crippen molar-refractivity contribution in [3.63, 3.8) is 0 Å². The van der Waals surface area contributed by atoms with Gasteiger partial charge in [-0.25, -0.2) is 4.98 Å². The van der Waals surface area contributed by atoms with Crippen LogP contribution in [0, 0.1) is 6.92 Å². The maximum Gasteiger partial charge on any atom is 0.276 e. The highest BCUT2D eigenvalue weighted by atomic mass is 16.2. The van der Waals surface area contributed by atoms with Crippen molar-refractivity contribution in [2.24, 2.45) is 0 Å². The summed E-state index contributed by atoms with van der Waals surface area (Å²) in [6.07, 6.45) is 3.33. The van der Waals surface area contributed by atoms with E-state index >= 15 is 0 Å². The molecule has 0 fully saturated rings. The Morgan fingerprint density at radius 2 is 1.83 bits per heavy atom. The third-order valence-corrected chi connectivity index (χ3v) is 6.49. The Balaban J connectivity index is 1.48. The van der Waals surface area contributed by atoms with Crippen LogP contribution >= 0.6 is 0 Å². The number of nitrogens with one attached hydrogen (secondary N) is 2.